The third-order valence-electron chi connectivity index (χ3n) is 3.53. The molecule has 0 saturated carbocycles. The van der Waals surface area contributed by atoms with Crippen LogP contribution in [0.4, 0.5) is 0 Å². The molecular formula is C17H27NO4. The van der Waals surface area contributed by atoms with Gasteiger partial charge in [0.25, 0.3) is 0 Å². The van der Waals surface area contributed by atoms with Crippen molar-refractivity contribution in [2.24, 2.45) is 5.41 Å². The summed E-state index contributed by atoms with van der Waals surface area (Å²) in [6, 6.07) is 9.66. The molecular weight excluding hydrogens is 282 g/mol. The first-order chi connectivity index (χ1) is 10.5. The number of amides is 1. The van der Waals surface area contributed by atoms with Crippen LogP contribution >= 0.6 is 0 Å². The number of para-hydroxylation sites is 1. The Labute approximate surface area is 132 Å². The van der Waals surface area contributed by atoms with E-state index in [1.54, 1.807) is 13.8 Å². The van der Waals surface area contributed by atoms with Crippen LogP contribution in [0.25, 0.3) is 0 Å². The molecule has 1 aromatic carbocycles. The second kappa shape index (κ2) is 9.43. The van der Waals surface area contributed by atoms with Crippen LogP contribution in [-0.4, -0.2) is 42.0 Å². The summed E-state index contributed by atoms with van der Waals surface area (Å²) >= 11 is 0. The van der Waals surface area contributed by atoms with Crippen molar-refractivity contribution < 1.29 is 19.7 Å². The van der Waals surface area contributed by atoms with Crippen molar-refractivity contribution in [3.8, 4) is 5.75 Å². The maximum atomic E-state index is 11.7. The smallest absolute Gasteiger partial charge is 0.249 e. The van der Waals surface area contributed by atoms with Crippen molar-refractivity contribution in [1.29, 1.82) is 0 Å². The summed E-state index contributed by atoms with van der Waals surface area (Å²) < 4.78 is 5.58. The van der Waals surface area contributed by atoms with Gasteiger partial charge in [-0.15, -0.1) is 0 Å². The molecule has 124 valence electrons. The fourth-order valence-corrected chi connectivity index (χ4v) is 1.86. The molecule has 0 radical (unpaired) electrons. The Balaban J connectivity index is 2.07. The van der Waals surface area contributed by atoms with E-state index in [-0.39, 0.29) is 6.61 Å². The molecule has 0 aliphatic heterocycles. The lowest BCUT2D eigenvalue weighted by Gasteiger charge is -2.27. The van der Waals surface area contributed by atoms with Crippen LogP contribution in [0, 0.1) is 5.41 Å². The van der Waals surface area contributed by atoms with Gasteiger partial charge in [-0.2, -0.15) is 0 Å². The molecule has 0 aliphatic carbocycles. The zero-order valence-electron chi connectivity index (χ0n) is 13.4. The van der Waals surface area contributed by atoms with Crippen LogP contribution in [0.15, 0.2) is 30.3 Å². The largest absolute Gasteiger partial charge is 0.494 e. The average molecular weight is 309 g/mol. The zero-order valence-corrected chi connectivity index (χ0v) is 13.4. The molecule has 0 aliphatic rings. The van der Waals surface area contributed by atoms with Gasteiger partial charge >= 0.3 is 0 Å². The quantitative estimate of drug-likeness (QED) is 0.575. The SMILES string of the molecule is CC(C)(CO)[C@@H](O)C(=O)NCCCCCOc1ccccc1. The Bertz CT molecular complexity index is 434. The molecule has 0 saturated heterocycles. The lowest BCUT2D eigenvalue weighted by Crippen LogP contribution is -2.45. The van der Waals surface area contributed by atoms with E-state index in [1.807, 2.05) is 30.3 Å². The summed E-state index contributed by atoms with van der Waals surface area (Å²) in [4.78, 5) is 11.7. The molecule has 0 unspecified atom stereocenters. The van der Waals surface area contributed by atoms with Crippen LogP contribution in [0.5, 0.6) is 5.75 Å². The van der Waals surface area contributed by atoms with Gasteiger partial charge in [-0.25, -0.2) is 0 Å². The Kier molecular flexibility index (Phi) is 7.91. The minimum absolute atomic E-state index is 0.238. The van der Waals surface area contributed by atoms with Gasteiger partial charge in [-0.05, 0) is 31.4 Å². The maximum absolute atomic E-state index is 11.7. The number of aliphatic hydroxyl groups is 2. The molecule has 22 heavy (non-hydrogen) atoms. The van der Waals surface area contributed by atoms with Gasteiger partial charge in [-0.3, -0.25) is 4.79 Å². The van der Waals surface area contributed by atoms with E-state index in [0.29, 0.717) is 13.2 Å². The molecule has 1 atom stereocenters. The molecule has 0 heterocycles. The number of benzene rings is 1. The van der Waals surface area contributed by atoms with Crippen molar-refractivity contribution in [3.63, 3.8) is 0 Å². The average Bonchev–Trinajstić information content (AvgIpc) is 2.54. The fourth-order valence-electron chi connectivity index (χ4n) is 1.86. The molecule has 0 aromatic heterocycles. The normalized spacial score (nSPS) is 12.7. The molecule has 3 N–H and O–H groups in total. The highest BCUT2D eigenvalue weighted by molar-refractivity contribution is 5.81. The Morgan fingerprint density at radius 2 is 1.91 bits per heavy atom. The predicted molar refractivity (Wildman–Crippen MR) is 85.7 cm³/mol. The van der Waals surface area contributed by atoms with Crippen molar-refractivity contribution in [1.82, 2.24) is 5.32 Å². The van der Waals surface area contributed by atoms with Crippen LogP contribution in [0.1, 0.15) is 33.1 Å². The summed E-state index contributed by atoms with van der Waals surface area (Å²) in [5, 5.41) is 21.6. The minimum atomic E-state index is -1.20. The van der Waals surface area contributed by atoms with E-state index in [0.717, 1.165) is 25.0 Å². The van der Waals surface area contributed by atoms with E-state index >= 15 is 0 Å². The van der Waals surface area contributed by atoms with Crippen LogP contribution in [0.3, 0.4) is 0 Å². The Morgan fingerprint density at radius 3 is 2.55 bits per heavy atom. The van der Waals surface area contributed by atoms with E-state index in [2.05, 4.69) is 5.32 Å². The summed E-state index contributed by atoms with van der Waals surface area (Å²) in [5.41, 5.74) is -0.826. The number of carbonyl (C=O) groups excluding carboxylic acids is 1. The second-order valence-corrected chi connectivity index (χ2v) is 6.06. The number of aliphatic hydroxyl groups excluding tert-OH is 2. The number of hydrogen-bond acceptors (Lipinski definition) is 4. The fraction of sp³-hybridized carbons (Fsp3) is 0.588. The highest BCUT2D eigenvalue weighted by Crippen LogP contribution is 2.19. The molecule has 0 fully saturated rings. The first-order valence-electron chi connectivity index (χ1n) is 7.72. The first-order valence-corrected chi connectivity index (χ1v) is 7.72. The summed E-state index contributed by atoms with van der Waals surface area (Å²) in [5.74, 6) is 0.435. The van der Waals surface area contributed by atoms with E-state index in [4.69, 9.17) is 9.84 Å². The summed E-state index contributed by atoms with van der Waals surface area (Å²) in [6.07, 6.45) is 1.48. The Morgan fingerprint density at radius 1 is 1.23 bits per heavy atom. The number of nitrogens with one attached hydrogen (secondary N) is 1. The number of rotatable bonds is 10. The highest BCUT2D eigenvalue weighted by Gasteiger charge is 2.32. The van der Waals surface area contributed by atoms with Gasteiger partial charge in [0.2, 0.25) is 5.91 Å². The van der Waals surface area contributed by atoms with Gasteiger partial charge in [0.05, 0.1) is 13.2 Å². The third-order valence-corrected chi connectivity index (χ3v) is 3.53. The molecule has 5 heteroatoms. The predicted octanol–water partition coefficient (Wildman–Crippen LogP) is 1.73. The molecule has 0 spiro atoms. The van der Waals surface area contributed by atoms with Gasteiger partial charge in [0.15, 0.2) is 0 Å². The first kappa shape index (κ1) is 18.5. The van der Waals surface area contributed by atoms with Crippen molar-refractivity contribution in [2.45, 2.75) is 39.2 Å². The lowest BCUT2D eigenvalue weighted by molar-refractivity contribution is -0.137. The van der Waals surface area contributed by atoms with Gasteiger partial charge in [0.1, 0.15) is 11.9 Å². The number of carbonyl (C=O) groups is 1. The molecule has 1 aromatic rings. The molecule has 1 rings (SSSR count). The van der Waals surface area contributed by atoms with Crippen LogP contribution in [-0.2, 0) is 4.79 Å². The van der Waals surface area contributed by atoms with E-state index in [1.165, 1.54) is 0 Å². The maximum Gasteiger partial charge on any atom is 0.249 e. The monoisotopic (exact) mass is 309 g/mol. The van der Waals surface area contributed by atoms with Crippen molar-refractivity contribution in [2.75, 3.05) is 19.8 Å². The van der Waals surface area contributed by atoms with E-state index in [9.17, 15) is 9.90 Å². The Hall–Kier alpha value is -1.59. The minimum Gasteiger partial charge on any atom is -0.494 e. The summed E-state index contributed by atoms with van der Waals surface area (Å²) in [7, 11) is 0. The van der Waals surface area contributed by atoms with Crippen molar-refractivity contribution >= 4 is 5.91 Å². The number of unbranched alkanes of at least 4 members (excludes halogenated alkanes) is 2. The van der Waals surface area contributed by atoms with Gasteiger partial charge in [-0.1, -0.05) is 32.0 Å². The van der Waals surface area contributed by atoms with E-state index < -0.39 is 17.4 Å². The molecule has 5 nitrogen and oxygen atoms in total. The topological polar surface area (TPSA) is 78.8 Å². The van der Waals surface area contributed by atoms with Crippen LogP contribution in [0.2, 0.25) is 0 Å². The van der Waals surface area contributed by atoms with Crippen LogP contribution < -0.4 is 10.1 Å². The number of ether oxygens (including phenoxy) is 1. The number of hydrogen-bond donors (Lipinski definition) is 3. The second-order valence-electron chi connectivity index (χ2n) is 6.06. The van der Waals surface area contributed by atoms with Gasteiger partial charge < -0.3 is 20.3 Å². The van der Waals surface area contributed by atoms with Gasteiger partial charge in [0, 0.05) is 12.0 Å². The van der Waals surface area contributed by atoms with Crippen molar-refractivity contribution in [3.05, 3.63) is 30.3 Å². The molecule has 0 bridgehead atoms. The zero-order chi connectivity index (χ0) is 16.4. The third kappa shape index (κ3) is 6.45. The standard InChI is InChI=1S/C17H27NO4/c1-17(2,13-19)15(20)16(21)18-11-7-4-8-12-22-14-9-5-3-6-10-14/h3,5-6,9-10,15,19-20H,4,7-8,11-13H2,1-2H3,(H,18,21)/t15-/m0/s1. The lowest BCUT2D eigenvalue weighted by atomic mass is 9.87. The highest BCUT2D eigenvalue weighted by atomic mass is 16.5. The summed E-state index contributed by atoms with van der Waals surface area (Å²) in [6.45, 7) is 4.23. The molecule has 1 amide bonds.